The van der Waals surface area contributed by atoms with Gasteiger partial charge in [0.15, 0.2) is 4.80 Å². The van der Waals surface area contributed by atoms with Gasteiger partial charge in [0.2, 0.25) is 0 Å². The summed E-state index contributed by atoms with van der Waals surface area (Å²) in [5.41, 5.74) is 2.74. The second kappa shape index (κ2) is 6.82. The summed E-state index contributed by atoms with van der Waals surface area (Å²) >= 11 is 1.45. The van der Waals surface area contributed by atoms with E-state index in [1.165, 1.54) is 35.6 Å². The lowest BCUT2D eigenvalue weighted by Gasteiger charge is -1.98. The summed E-state index contributed by atoms with van der Waals surface area (Å²) in [5.74, 6) is -0.411. The molecule has 0 atom stereocenters. The summed E-state index contributed by atoms with van der Waals surface area (Å²) in [7, 11) is 1.88. The molecule has 3 aromatic rings. The molecule has 7 heteroatoms. The maximum Gasteiger partial charge on any atom is 0.272 e. The summed E-state index contributed by atoms with van der Waals surface area (Å²) in [5, 5.41) is 10.8. The number of thiazole rings is 1. The lowest BCUT2D eigenvalue weighted by molar-refractivity contribution is -0.384. The molecule has 0 spiro atoms. The molecule has 0 fully saturated rings. The lowest BCUT2D eigenvalue weighted by Crippen LogP contribution is -2.12. The van der Waals surface area contributed by atoms with Crippen LogP contribution in [0.2, 0.25) is 0 Å². The van der Waals surface area contributed by atoms with Crippen molar-refractivity contribution in [2.24, 2.45) is 12.0 Å². The van der Waals surface area contributed by atoms with Crippen LogP contribution in [0.3, 0.4) is 0 Å². The Hall–Kier alpha value is -3.06. The third-order valence-electron chi connectivity index (χ3n) is 3.73. The third-order valence-corrected chi connectivity index (χ3v) is 4.83. The Balaban J connectivity index is 1.91. The standard InChI is InChI=1S/C18H15N3O3S/c1-12-5-3-8-15-17(12)20(2)18(25-15)19-16(22)10-9-13-6-4-7-14(11-13)21(23)24/h3-11H,1-2H3. The lowest BCUT2D eigenvalue weighted by atomic mass is 10.2. The van der Waals surface area contributed by atoms with E-state index in [9.17, 15) is 14.9 Å². The van der Waals surface area contributed by atoms with Crippen molar-refractivity contribution >= 4 is 39.2 Å². The molecule has 0 unspecified atom stereocenters. The van der Waals surface area contributed by atoms with E-state index in [0.717, 1.165) is 15.8 Å². The molecule has 0 saturated heterocycles. The number of nitro groups is 1. The number of aryl methyl sites for hydroxylation is 2. The molecule has 1 aromatic heterocycles. The van der Waals surface area contributed by atoms with Gasteiger partial charge in [0.05, 0.1) is 15.1 Å². The number of rotatable bonds is 3. The maximum absolute atomic E-state index is 12.1. The number of nitro benzene ring substituents is 1. The fourth-order valence-corrected chi connectivity index (χ4v) is 3.65. The highest BCUT2D eigenvalue weighted by atomic mass is 32.1. The molecule has 0 aliphatic heterocycles. The highest BCUT2D eigenvalue weighted by Gasteiger charge is 2.06. The van der Waals surface area contributed by atoms with E-state index in [2.05, 4.69) is 4.99 Å². The van der Waals surface area contributed by atoms with Crippen LogP contribution in [0.4, 0.5) is 5.69 Å². The number of nitrogens with zero attached hydrogens (tertiary/aromatic N) is 3. The van der Waals surface area contributed by atoms with Gasteiger partial charge in [0.1, 0.15) is 0 Å². The van der Waals surface area contributed by atoms with E-state index in [-0.39, 0.29) is 5.69 Å². The first kappa shape index (κ1) is 16.8. The largest absolute Gasteiger partial charge is 0.319 e. The van der Waals surface area contributed by atoms with Crippen molar-refractivity contribution in [2.75, 3.05) is 0 Å². The Kier molecular flexibility index (Phi) is 4.58. The first-order valence-electron chi connectivity index (χ1n) is 7.52. The number of fused-ring (bicyclic) bond motifs is 1. The number of aromatic nitrogens is 1. The highest BCUT2D eigenvalue weighted by Crippen LogP contribution is 2.19. The van der Waals surface area contributed by atoms with Crippen LogP contribution < -0.4 is 4.80 Å². The van der Waals surface area contributed by atoms with Gasteiger partial charge in [-0.1, -0.05) is 35.6 Å². The molecule has 0 radical (unpaired) electrons. The molecule has 0 aliphatic rings. The van der Waals surface area contributed by atoms with Crippen molar-refractivity contribution in [2.45, 2.75) is 6.92 Å². The first-order valence-corrected chi connectivity index (χ1v) is 8.34. The van der Waals surface area contributed by atoms with Gasteiger partial charge < -0.3 is 4.57 Å². The molecule has 126 valence electrons. The summed E-state index contributed by atoms with van der Waals surface area (Å²) in [6.07, 6.45) is 2.84. The third kappa shape index (κ3) is 3.56. The number of carbonyl (C=O) groups is 1. The molecular formula is C18H15N3O3S. The van der Waals surface area contributed by atoms with Crippen LogP contribution in [0.15, 0.2) is 53.5 Å². The second-order valence-electron chi connectivity index (χ2n) is 5.50. The van der Waals surface area contributed by atoms with Gasteiger partial charge in [0, 0.05) is 25.3 Å². The Labute approximate surface area is 147 Å². The molecule has 0 saturated carbocycles. The minimum Gasteiger partial charge on any atom is -0.319 e. The van der Waals surface area contributed by atoms with Crippen molar-refractivity contribution in [1.29, 1.82) is 0 Å². The number of non-ortho nitro benzene ring substituents is 1. The van der Waals surface area contributed by atoms with Crippen molar-refractivity contribution < 1.29 is 9.72 Å². The Morgan fingerprint density at radius 3 is 2.76 bits per heavy atom. The smallest absolute Gasteiger partial charge is 0.272 e. The van der Waals surface area contributed by atoms with Crippen molar-refractivity contribution in [1.82, 2.24) is 4.57 Å². The predicted octanol–water partition coefficient (Wildman–Crippen LogP) is 3.60. The average Bonchev–Trinajstić information content (AvgIpc) is 2.90. The van der Waals surface area contributed by atoms with Gasteiger partial charge in [-0.25, -0.2) is 0 Å². The van der Waals surface area contributed by atoms with Crippen molar-refractivity contribution in [3.63, 3.8) is 0 Å². The predicted molar refractivity (Wildman–Crippen MR) is 98.2 cm³/mol. The van der Waals surface area contributed by atoms with E-state index >= 15 is 0 Å². The highest BCUT2D eigenvalue weighted by molar-refractivity contribution is 7.16. The van der Waals surface area contributed by atoms with Gasteiger partial charge in [-0.2, -0.15) is 4.99 Å². The normalized spacial score (nSPS) is 12.2. The molecule has 2 aromatic carbocycles. The SMILES string of the molecule is Cc1cccc2sc(=NC(=O)C=Cc3cccc([N+](=O)[O-])c3)n(C)c12. The Morgan fingerprint density at radius 2 is 2.04 bits per heavy atom. The summed E-state index contributed by atoms with van der Waals surface area (Å²) in [6, 6.07) is 12.1. The van der Waals surface area contributed by atoms with Crippen LogP contribution in [-0.4, -0.2) is 15.4 Å². The number of benzene rings is 2. The summed E-state index contributed by atoms with van der Waals surface area (Å²) in [6.45, 7) is 2.02. The number of carbonyl (C=O) groups excluding carboxylic acids is 1. The molecule has 0 bridgehead atoms. The van der Waals surface area contributed by atoms with E-state index in [1.807, 2.05) is 36.7 Å². The zero-order chi connectivity index (χ0) is 18.0. The maximum atomic E-state index is 12.1. The van der Waals surface area contributed by atoms with E-state index in [0.29, 0.717) is 10.4 Å². The van der Waals surface area contributed by atoms with Gasteiger partial charge in [-0.15, -0.1) is 0 Å². The van der Waals surface area contributed by atoms with Crippen LogP contribution in [0.5, 0.6) is 0 Å². The van der Waals surface area contributed by atoms with Gasteiger partial charge in [0.25, 0.3) is 11.6 Å². The fourth-order valence-electron chi connectivity index (χ4n) is 2.55. The zero-order valence-corrected chi connectivity index (χ0v) is 14.5. The summed E-state index contributed by atoms with van der Waals surface area (Å²) in [4.78, 5) is 27.2. The topological polar surface area (TPSA) is 77.5 Å². The number of hydrogen-bond acceptors (Lipinski definition) is 4. The molecule has 0 aliphatic carbocycles. The minimum absolute atomic E-state index is 0.0158. The Bertz CT molecular complexity index is 1080. The van der Waals surface area contributed by atoms with Crippen LogP contribution in [0, 0.1) is 17.0 Å². The minimum atomic E-state index is -0.469. The van der Waals surface area contributed by atoms with Crippen LogP contribution in [0.25, 0.3) is 16.3 Å². The number of amides is 1. The van der Waals surface area contributed by atoms with E-state index < -0.39 is 10.8 Å². The molecule has 1 heterocycles. The summed E-state index contributed by atoms with van der Waals surface area (Å²) < 4.78 is 2.96. The molecular weight excluding hydrogens is 338 g/mol. The van der Waals surface area contributed by atoms with Crippen molar-refractivity contribution in [3.8, 4) is 0 Å². The van der Waals surface area contributed by atoms with Crippen LogP contribution in [0.1, 0.15) is 11.1 Å². The number of hydrogen-bond donors (Lipinski definition) is 0. The number of para-hydroxylation sites is 1. The molecule has 0 N–H and O–H groups in total. The molecule has 1 amide bonds. The van der Waals surface area contributed by atoms with Gasteiger partial charge in [-0.05, 0) is 30.2 Å². The van der Waals surface area contributed by atoms with Crippen LogP contribution in [-0.2, 0) is 11.8 Å². The zero-order valence-electron chi connectivity index (χ0n) is 13.7. The Morgan fingerprint density at radius 1 is 1.28 bits per heavy atom. The van der Waals surface area contributed by atoms with Gasteiger partial charge in [-0.3, -0.25) is 14.9 Å². The van der Waals surface area contributed by atoms with Crippen LogP contribution >= 0.6 is 11.3 Å². The molecule has 3 rings (SSSR count). The van der Waals surface area contributed by atoms with Gasteiger partial charge >= 0.3 is 0 Å². The van der Waals surface area contributed by atoms with E-state index in [1.54, 1.807) is 12.1 Å². The molecule has 25 heavy (non-hydrogen) atoms. The quantitative estimate of drug-likeness (QED) is 0.410. The van der Waals surface area contributed by atoms with Crippen molar-refractivity contribution in [3.05, 3.63) is 74.6 Å². The molecule has 6 nitrogen and oxygen atoms in total. The average molecular weight is 353 g/mol. The second-order valence-corrected chi connectivity index (χ2v) is 6.51. The van der Waals surface area contributed by atoms with E-state index in [4.69, 9.17) is 0 Å². The fraction of sp³-hybridized carbons (Fsp3) is 0.111. The monoisotopic (exact) mass is 353 g/mol. The first-order chi connectivity index (χ1) is 12.0.